The van der Waals surface area contributed by atoms with E-state index in [0.717, 1.165) is 38.0 Å². The lowest BCUT2D eigenvalue weighted by atomic mass is 10.1. The Bertz CT molecular complexity index is 1390. The smallest absolute Gasteiger partial charge is 0.208 e. The summed E-state index contributed by atoms with van der Waals surface area (Å²) >= 11 is 7.38. The summed E-state index contributed by atoms with van der Waals surface area (Å²) in [5, 5.41) is 10.7. The first-order chi connectivity index (χ1) is 16.9. The molecule has 1 N–H and O–H groups in total. The molecule has 35 heavy (non-hydrogen) atoms. The number of benzene rings is 3. The van der Waals surface area contributed by atoms with E-state index >= 15 is 0 Å². The summed E-state index contributed by atoms with van der Waals surface area (Å²) in [6.45, 7) is 5.67. The van der Waals surface area contributed by atoms with Gasteiger partial charge in [-0.05, 0) is 79.4 Å². The van der Waals surface area contributed by atoms with Crippen LogP contribution in [-0.2, 0) is 6.42 Å². The molecule has 4 aromatic rings. The quantitative estimate of drug-likeness (QED) is 0.265. The minimum atomic E-state index is -0.511. The number of carbonyl (C=O) groups is 1. The number of likely N-dealkylation sites (tertiary alicyclic amines) is 1. The first-order valence-electron chi connectivity index (χ1n) is 11.6. The van der Waals surface area contributed by atoms with Gasteiger partial charge in [0, 0.05) is 28.7 Å². The van der Waals surface area contributed by atoms with Crippen molar-refractivity contribution in [2.75, 3.05) is 19.6 Å². The minimum Gasteiger partial charge on any atom is -0.508 e. The van der Waals surface area contributed by atoms with E-state index < -0.39 is 5.82 Å². The second-order valence-electron chi connectivity index (χ2n) is 9.08. The molecule has 0 saturated carbocycles. The number of nitrogens with zero attached hydrogens (tertiary/aromatic N) is 1. The van der Waals surface area contributed by atoms with Gasteiger partial charge in [0.2, 0.25) is 5.78 Å². The highest BCUT2D eigenvalue weighted by molar-refractivity contribution is 7.21. The number of aromatic hydroxyl groups is 1. The molecule has 1 atom stereocenters. The van der Waals surface area contributed by atoms with E-state index in [-0.39, 0.29) is 22.1 Å². The van der Waals surface area contributed by atoms with Gasteiger partial charge in [0.05, 0.1) is 5.02 Å². The van der Waals surface area contributed by atoms with Gasteiger partial charge in [-0.2, -0.15) is 0 Å². The second-order valence-corrected chi connectivity index (χ2v) is 10.5. The maximum atomic E-state index is 13.5. The third kappa shape index (κ3) is 5.20. The van der Waals surface area contributed by atoms with Gasteiger partial charge in [-0.3, -0.25) is 4.79 Å². The minimum absolute atomic E-state index is 0.0398. The number of halogens is 2. The molecule has 0 bridgehead atoms. The SMILES string of the molecule is C[C@@H]1CCN(CCc2ccc(Oc3c(C(=O)c4ccc(F)cc4Cl)sc4cc(O)ccc34)cc2)C1. The van der Waals surface area contributed by atoms with Crippen LogP contribution < -0.4 is 4.74 Å². The summed E-state index contributed by atoms with van der Waals surface area (Å²) in [5.41, 5.74) is 1.42. The number of ketones is 1. The van der Waals surface area contributed by atoms with Gasteiger partial charge in [-0.25, -0.2) is 4.39 Å². The van der Waals surface area contributed by atoms with Crippen molar-refractivity contribution >= 4 is 38.8 Å². The van der Waals surface area contributed by atoms with E-state index in [1.807, 2.05) is 24.3 Å². The Morgan fingerprint density at radius 3 is 2.69 bits per heavy atom. The maximum absolute atomic E-state index is 13.5. The Labute approximate surface area is 212 Å². The number of carbonyl (C=O) groups excluding carboxylic acids is 1. The summed E-state index contributed by atoms with van der Waals surface area (Å²) < 4.78 is 20.5. The van der Waals surface area contributed by atoms with Crippen LogP contribution in [-0.4, -0.2) is 35.4 Å². The van der Waals surface area contributed by atoms with Crippen LogP contribution in [0.4, 0.5) is 4.39 Å². The number of fused-ring (bicyclic) bond motifs is 1. The predicted octanol–water partition coefficient (Wildman–Crippen LogP) is 7.31. The van der Waals surface area contributed by atoms with Crippen molar-refractivity contribution in [3.8, 4) is 17.2 Å². The molecule has 0 amide bonds. The third-order valence-electron chi connectivity index (χ3n) is 6.38. The predicted molar refractivity (Wildman–Crippen MR) is 139 cm³/mol. The topological polar surface area (TPSA) is 49.8 Å². The zero-order chi connectivity index (χ0) is 24.5. The molecule has 1 aliphatic heterocycles. The van der Waals surface area contributed by atoms with Crippen LogP contribution >= 0.6 is 22.9 Å². The Balaban J connectivity index is 1.41. The van der Waals surface area contributed by atoms with Crippen LogP contribution in [0, 0.1) is 11.7 Å². The van der Waals surface area contributed by atoms with Gasteiger partial charge < -0.3 is 14.7 Å². The van der Waals surface area contributed by atoms with Gasteiger partial charge in [0.25, 0.3) is 0 Å². The van der Waals surface area contributed by atoms with E-state index in [4.69, 9.17) is 16.3 Å². The van der Waals surface area contributed by atoms with Crippen molar-refractivity contribution in [2.45, 2.75) is 19.8 Å². The molecule has 0 unspecified atom stereocenters. The fraction of sp³-hybridized carbons (Fsp3) is 0.250. The lowest BCUT2D eigenvalue weighted by molar-refractivity contribution is 0.104. The molecule has 0 radical (unpaired) electrons. The van der Waals surface area contributed by atoms with Crippen molar-refractivity contribution in [2.24, 2.45) is 5.92 Å². The molecular weight excluding hydrogens is 485 g/mol. The van der Waals surface area contributed by atoms with Gasteiger partial charge in [0.15, 0.2) is 5.75 Å². The number of ether oxygens (including phenoxy) is 1. The molecule has 5 rings (SSSR count). The fourth-order valence-corrected chi connectivity index (χ4v) is 5.84. The van der Waals surface area contributed by atoms with Crippen LogP contribution in [0.2, 0.25) is 5.02 Å². The molecule has 0 spiro atoms. The molecule has 1 saturated heterocycles. The lowest BCUT2D eigenvalue weighted by Gasteiger charge is -2.15. The third-order valence-corrected chi connectivity index (χ3v) is 7.82. The van der Waals surface area contributed by atoms with Crippen LogP contribution in [0.3, 0.4) is 0 Å². The van der Waals surface area contributed by atoms with Gasteiger partial charge in [0.1, 0.15) is 22.2 Å². The molecule has 1 aromatic heterocycles. The standard InChI is InChI=1S/C28H25ClFNO3S/c1-17-10-12-31(16-17)13-11-18-2-6-21(7-3-18)34-27-23-9-5-20(32)15-25(23)35-28(27)26(33)22-8-4-19(30)14-24(22)29/h2-9,14-15,17,32H,10-13,16H2,1H3/t17-/m1/s1. The zero-order valence-electron chi connectivity index (χ0n) is 19.3. The molecule has 4 nitrogen and oxygen atoms in total. The van der Waals surface area contributed by atoms with Gasteiger partial charge in [-0.15, -0.1) is 11.3 Å². The molecule has 0 aliphatic carbocycles. The average molecular weight is 510 g/mol. The average Bonchev–Trinajstić information content (AvgIpc) is 3.41. The fourth-order valence-electron chi connectivity index (χ4n) is 4.47. The van der Waals surface area contributed by atoms with E-state index in [1.54, 1.807) is 18.2 Å². The number of hydrogen-bond donors (Lipinski definition) is 1. The summed E-state index contributed by atoms with van der Waals surface area (Å²) in [4.78, 5) is 16.2. The Morgan fingerprint density at radius 2 is 1.97 bits per heavy atom. The second kappa shape index (κ2) is 9.97. The van der Waals surface area contributed by atoms with Crippen molar-refractivity contribution in [3.63, 3.8) is 0 Å². The Kier molecular flexibility index (Phi) is 6.78. The van der Waals surface area contributed by atoms with Crippen LogP contribution in [0.5, 0.6) is 17.2 Å². The monoisotopic (exact) mass is 509 g/mol. The van der Waals surface area contributed by atoms with Crippen molar-refractivity contribution in [1.29, 1.82) is 0 Å². The number of phenols is 1. The van der Waals surface area contributed by atoms with Gasteiger partial charge in [-0.1, -0.05) is 30.7 Å². The number of phenolic OH excluding ortho intramolecular Hbond substituents is 1. The summed E-state index contributed by atoms with van der Waals surface area (Å²) in [7, 11) is 0. The largest absolute Gasteiger partial charge is 0.508 e. The summed E-state index contributed by atoms with van der Waals surface area (Å²) in [5.74, 6) is 1.01. The van der Waals surface area contributed by atoms with Crippen LogP contribution in [0.15, 0.2) is 60.7 Å². The van der Waals surface area contributed by atoms with Crippen molar-refractivity contribution in [3.05, 3.63) is 87.5 Å². The first-order valence-corrected chi connectivity index (χ1v) is 12.8. The highest BCUT2D eigenvalue weighted by Crippen LogP contribution is 2.43. The summed E-state index contributed by atoms with van der Waals surface area (Å²) in [6, 6.07) is 16.5. The van der Waals surface area contributed by atoms with Crippen molar-refractivity contribution < 1.29 is 19.0 Å². The highest BCUT2D eigenvalue weighted by Gasteiger charge is 2.24. The Hall–Kier alpha value is -2.93. The Morgan fingerprint density at radius 1 is 1.17 bits per heavy atom. The number of thiophene rings is 1. The van der Waals surface area contributed by atoms with Gasteiger partial charge >= 0.3 is 0 Å². The molecule has 1 fully saturated rings. The molecule has 2 heterocycles. The number of hydrogen-bond acceptors (Lipinski definition) is 5. The molecule has 180 valence electrons. The first kappa shape index (κ1) is 23.8. The number of rotatable bonds is 7. The molecule has 7 heteroatoms. The van der Waals surface area contributed by atoms with Crippen LogP contribution in [0.1, 0.15) is 34.1 Å². The maximum Gasteiger partial charge on any atom is 0.208 e. The highest BCUT2D eigenvalue weighted by atomic mass is 35.5. The normalized spacial score (nSPS) is 16.1. The van der Waals surface area contributed by atoms with Crippen molar-refractivity contribution in [1.82, 2.24) is 4.90 Å². The van der Waals surface area contributed by atoms with E-state index in [9.17, 15) is 14.3 Å². The lowest BCUT2D eigenvalue weighted by Crippen LogP contribution is -2.22. The van der Waals surface area contributed by atoms with E-state index in [1.165, 1.54) is 35.5 Å². The molecule has 1 aliphatic rings. The molecular formula is C28H25ClFNO3S. The molecule has 3 aromatic carbocycles. The van der Waals surface area contributed by atoms with Crippen LogP contribution in [0.25, 0.3) is 10.1 Å². The van der Waals surface area contributed by atoms with E-state index in [2.05, 4.69) is 11.8 Å². The van der Waals surface area contributed by atoms with E-state index in [0.29, 0.717) is 26.5 Å². The zero-order valence-corrected chi connectivity index (χ0v) is 20.8. The summed E-state index contributed by atoms with van der Waals surface area (Å²) in [6.07, 6.45) is 2.24.